The molecule has 11 N–H and O–H groups in total. The van der Waals surface area contributed by atoms with Gasteiger partial charge in [-0.1, -0.05) is 0 Å². The maximum Gasteiger partial charge on any atom is 0.173 e. The van der Waals surface area contributed by atoms with Crippen LogP contribution in [0.2, 0.25) is 0 Å². The van der Waals surface area contributed by atoms with Crippen molar-refractivity contribution in [1.82, 2.24) is 5.32 Å². The second-order valence-electron chi connectivity index (χ2n) is 7.38. The molecule has 3 aliphatic rings. The molecular weight excluding hydrogens is 348 g/mol. The molecule has 0 radical (unpaired) electrons. The third-order valence-electron chi connectivity index (χ3n) is 5.55. The summed E-state index contributed by atoms with van der Waals surface area (Å²) in [6.45, 7) is 0. The summed E-state index contributed by atoms with van der Waals surface area (Å²) in [5.41, 5.74) is 17.9. The first kappa shape index (κ1) is 20.3. The van der Waals surface area contributed by atoms with E-state index in [0.29, 0.717) is 0 Å². The van der Waals surface area contributed by atoms with Gasteiger partial charge in [0.05, 0.1) is 24.3 Å². The van der Waals surface area contributed by atoms with E-state index in [1.807, 2.05) is 0 Å². The number of nitrogens with two attached hydrogens (primary N) is 3. The van der Waals surface area contributed by atoms with Crippen LogP contribution in [0, 0.1) is 0 Å². The number of fused-ring (bicyclic) bond motifs is 1. The predicted octanol–water partition coefficient (Wildman–Crippen LogP) is -4.74. The molecule has 3 rings (SSSR count). The van der Waals surface area contributed by atoms with E-state index in [1.54, 1.807) is 7.05 Å². The number of likely N-dealkylation sites (N-methyl/N-ethyl adjacent to an activating group) is 1. The summed E-state index contributed by atoms with van der Waals surface area (Å²) in [5, 5.41) is 43.4. The number of aliphatic hydroxyl groups is 4. The topological polar surface area (TPSA) is 199 Å². The van der Waals surface area contributed by atoms with Crippen molar-refractivity contribution in [3.05, 3.63) is 0 Å². The van der Waals surface area contributed by atoms with E-state index < -0.39 is 73.4 Å². The van der Waals surface area contributed by atoms with E-state index in [4.69, 9.17) is 31.4 Å². The van der Waals surface area contributed by atoms with Crippen LogP contribution in [0.5, 0.6) is 0 Å². The molecule has 0 bridgehead atoms. The van der Waals surface area contributed by atoms with E-state index >= 15 is 0 Å². The van der Waals surface area contributed by atoms with E-state index in [1.165, 1.54) is 0 Å². The molecule has 11 nitrogen and oxygen atoms in total. The lowest BCUT2D eigenvalue weighted by Gasteiger charge is -2.49. The number of hydrogen-bond donors (Lipinski definition) is 8. The number of hydrogen-bond acceptors (Lipinski definition) is 11. The van der Waals surface area contributed by atoms with E-state index in [-0.39, 0.29) is 12.8 Å². The van der Waals surface area contributed by atoms with Gasteiger partial charge < -0.3 is 57.2 Å². The van der Waals surface area contributed by atoms with Crippen LogP contribution in [-0.2, 0) is 14.2 Å². The van der Waals surface area contributed by atoms with Gasteiger partial charge in [-0.05, 0) is 19.9 Å². The van der Waals surface area contributed by atoms with Crippen LogP contribution < -0.4 is 22.5 Å². The van der Waals surface area contributed by atoms with Gasteiger partial charge in [0.25, 0.3) is 0 Å². The minimum Gasteiger partial charge on any atom is -0.389 e. The Hall–Kier alpha value is -0.440. The van der Waals surface area contributed by atoms with E-state index in [2.05, 4.69) is 5.32 Å². The second-order valence-corrected chi connectivity index (χ2v) is 7.38. The largest absolute Gasteiger partial charge is 0.389 e. The monoisotopic (exact) mass is 378 g/mol. The lowest BCUT2D eigenvalue weighted by atomic mass is 9.84. The van der Waals surface area contributed by atoms with Gasteiger partial charge in [0, 0.05) is 12.1 Å². The first-order valence-corrected chi connectivity index (χ1v) is 8.87. The lowest BCUT2D eigenvalue weighted by Crippen LogP contribution is -2.68. The van der Waals surface area contributed by atoms with Crippen molar-refractivity contribution in [1.29, 1.82) is 0 Å². The number of nitrogens with one attached hydrogen (secondary N) is 1. The Balaban J connectivity index is 1.69. The average Bonchev–Trinajstić information content (AvgIpc) is 2.58. The van der Waals surface area contributed by atoms with Crippen LogP contribution in [-0.4, -0.2) is 101 Å². The Morgan fingerprint density at radius 2 is 1.58 bits per heavy atom. The summed E-state index contributed by atoms with van der Waals surface area (Å²) in [7, 11) is 1.59. The summed E-state index contributed by atoms with van der Waals surface area (Å²) < 4.78 is 17.1. The summed E-state index contributed by atoms with van der Waals surface area (Å²) in [6, 6.07) is -2.60. The quantitative estimate of drug-likeness (QED) is 0.234. The van der Waals surface area contributed by atoms with Gasteiger partial charge in [-0.2, -0.15) is 0 Å². The molecule has 2 heterocycles. The van der Waals surface area contributed by atoms with Gasteiger partial charge in [-0.3, -0.25) is 0 Å². The Morgan fingerprint density at radius 3 is 2.23 bits per heavy atom. The zero-order valence-electron chi connectivity index (χ0n) is 14.6. The van der Waals surface area contributed by atoms with Crippen molar-refractivity contribution in [2.75, 3.05) is 7.05 Å². The van der Waals surface area contributed by atoms with Crippen LogP contribution in [0.3, 0.4) is 0 Å². The number of ether oxygens (including phenoxy) is 3. The minimum atomic E-state index is -1.28. The van der Waals surface area contributed by atoms with Crippen LogP contribution >= 0.6 is 0 Å². The molecule has 0 aromatic rings. The predicted molar refractivity (Wildman–Crippen MR) is 88.4 cm³/mol. The molecule has 6 unspecified atom stereocenters. The fourth-order valence-corrected chi connectivity index (χ4v) is 4.00. The molecule has 2 aliphatic heterocycles. The molecule has 0 spiro atoms. The summed E-state index contributed by atoms with van der Waals surface area (Å²) >= 11 is 0. The van der Waals surface area contributed by atoms with Crippen molar-refractivity contribution in [3.8, 4) is 0 Å². The van der Waals surface area contributed by atoms with Gasteiger partial charge in [-0.25, -0.2) is 0 Å². The summed E-state index contributed by atoms with van der Waals surface area (Å²) in [6.07, 6.45) is -7.36. The molecule has 2 saturated heterocycles. The molecule has 12 atom stereocenters. The Kier molecular flexibility index (Phi) is 6.16. The highest BCUT2D eigenvalue weighted by Crippen LogP contribution is 2.33. The minimum absolute atomic E-state index is 0.274. The third kappa shape index (κ3) is 3.62. The maximum absolute atomic E-state index is 10.5. The van der Waals surface area contributed by atoms with Crippen molar-refractivity contribution in [2.45, 2.75) is 86.2 Å². The van der Waals surface area contributed by atoms with Crippen LogP contribution in [0.15, 0.2) is 0 Å². The first-order chi connectivity index (χ1) is 12.2. The first-order valence-electron chi connectivity index (χ1n) is 8.87. The molecular formula is C15H30N4O7. The molecule has 1 saturated carbocycles. The van der Waals surface area contributed by atoms with E-state index in [0.717, 1.165) is 0 Å². The molecule has 152 valence electrons. The van der Waals surface area contributed by atoms with Gasteiger partial charge >= 0.3 is 0 Å². The van der Waals surface area contributed by atoms with Crippen molar-refractivity contribution < 1.29 is 34.6 Å². The van der Waals surface area contributed by atoms with Crippen molar-refractivity contribution in [2.24, 2.45) is 17.2 Å². The number of aliphatic hydroxyl groups excluding tert-OH is 4. The van der Waals surface area contributed by atoms with Crippen LogP contribution in [0.4, 0.5) is 0 Å². The summed E-state index contributed by atoms with van der Waals surface area (Å²) in [5.74, 6) is 0. The molecule has 0 amide bonds. The van der Waals surface area contributed by atoms with Gasteiger partial charge in [0.1, 0.15) is 24.4 Å². The molecule has 0 aromatic carbocycles. The fraction of sp³-hybridized carbons (Fsp3) is 1.00. The highest BCUT2D eigenvalue weighted by Gasteiger charge is 2.51. The summed E-state index contributed by atoms with van der Waals surface area (Å²) in [4.78, 5) is 0. The highest BCUT2D eigenvalue weighted by atomic mass is 16.7. The lowest BCUT2D eigenvalue weighted by molar-refractivity contribution is -0.328. The van der Waals surface area contributed by atoms with Gasteiger partial charge in [-0.15, -0.1) is 0 Å². The SMILES string of the molecule is CNC1C(O)C2O[C@H](O[C@@H]3C(N)C[C@@H](N)C(O)[C@H]3O)C(N)C[C@@H]2O[C@@H]1O. The zero-order valence-corrected chi connectivity index (χ0v) is 14.6. The van der Waals surface area contributed by atoms with Gasteiger partial charge in [0.2, 0.25) is 0 Å². The molecule has 11 heteroatoms. The molecule has 0 aromatic heterocycles. The smallest absolute Gasteiger partial charge is 0.173 e. The third-order valence-corrected chi connectivity index (χ3v) is 5.55. The molecule has 1 aliphatic carbocycles. The Labute approximate surface area is 151 Å². The molecule has 3 fully saturated rings. The normalized spacial score (nSPS) is 55.4. The maximum atomic E-state index is 10.5. The van der Waals surface area contributed by atoms with E-state index in [9.17, 15) is 20.4 Å². The molecule has 26 heavy (non-hydrogen) atoms. The Bertz CT molecular complexity index is 487. The van der Waals surface area contributed by atoms with Crippen molar-refractivity contribution >= 4 is 0 Å². The fourth-order valence-electron chi connectivity index (χ4n) is 4.00. The van der Waals surface area contributed by atoms with Crippen LogP contribution in [0.25, 0.3) is 0 Å². The number of rotatable bonds is 3. The average molecular weight is 378 g/mol. The highest BCUT2D eigenvalue weighted by molar-refractivity contribution is 5.00. The Morgan fingerprint density at radius 1 is 0.885 bits per heavy atom. The van der Waals surface area contributed by atoms with Crippen LogP contribution in [0.1, 0.15) is 12.8 Å². The van der Waals surface area contributed by atoms with Crippen molar-refractivity contribution in [3.63, 3.8) is 0 Å². The van der Waals surface area contributed by atoms with Gasteiger partial charge in [0.15, 0.2) is 12.6 Å². The zero-order chi connectivity index (χ0) is 19.2. The standard InChI is InChI=1S/C15H30N4O7/c1-19-8-10(21)13-7(24-14(8)23)3-6(18)15(26-13)25-12-5(17)2-4(16)9(20)11(12)22/h4-15,19-23H,2-3,16-18H2,1H3/t4-,5?,6?,7+,8?,9?,10?,11-,12-,13?,14+,15+/m1/s1. The second kappa shape index (κ2) is 7.89.